The second kappa shape index (κ2) is 14.5. The summed E-state index contributed by atoms with van der Waals surface area (Å²) < 4.78 is 12.7. The van der Waals surface area contributed by atoms with Gasteiger partial charge in [0.05, 0.1) is 6.10 Å². The van der Waals surface area contributed by atoms with Gasteiger partial charge in [-0.2, -0.15) is 0 Å². The van der Waals surface area contributed by atoms with Gasteiger partial charge < -0.3 is 19.7 Å². The Morgan fingerprint density at radius 1 is 0.944 bits per heavy atom. The Bertz CT molecular complexity index is 894. The standard InChI is InChI=1S/C31H47NO4/c1-5-25-11-15-28(34)22-30(25)36-31(24(4)23(3)10-14-27(33)6-2)26-12-16-29(17-13-26)35-21-20-32-18-8-7-9-19-32/h11-13,15-17,22-24,27,31,33-34H,5-10,14,18-21H2,1-4H3. The largest absolute Gasteiger partial charge is 0.508 e. The van der Waals surface area contributed by atoms with Gasteiger partial charge in [-0.1, -0.05) is 52.3 Å². The number of piperidine rings is 1. The topological polar surface area (TPSA) is 62.2 Å². The maximum atomic E-state index is 10.1. The smallest absolute Gasteiger partial charge is 0.127 e. The molecule has 0 spiro atoms. The monoisotopic (exact) mass is 497 g/mol. The van der Waals surface area contributed by atoms with Crippen LogP contribution in [0.3, 0.4) is 0 Å². The molecule has 2 N–H and O–H groups in total. The fraction of sp³-hybridized carbons (Fsp3) is 0.613. The molecule has 4 atom stereocenters. The summed E-state index contributed by atoms with van der Waals surface area (Å²) in [6, 6.07) is 13.7. The number of likely N-dealkylation sites (tertiary alicyclic amines) is 1. The second-order valence-electron chi connectivity index (χ2n) is 10.5. The molecule has 200 valence electrons. The van der Waals surface area contributed by atoms with Crippen molar-refractivity contribution in [1.29, 1.82) is 0 Å². The van der Waals surface area contributed by atoms with Crippen LogP contribution in [0, 0.1) is 11.8 Å². The number of rotatable bonds is 14. The molecule has 4 unspecified atom stereocenters. The lowest BCUT2D eigenvalue weighted by atomic mass is 9.83. The number of aryl methyl sites for hydroxylation is 1. The molecule has 0 aromatic heterocycles. The molecule has 3 rings (SSSR count). The molecule has 0 saturated carbocycles. The van der Waals surface area contributed by atoms with Crippen LogP contribution in [0.25, 0.3) is 0 Å². The van der Waals surface area contributed by atoms with Crippen LogP contribution < -0.4 is 9.47 Å². The highest BCUT2D eigenvalue weighted by Gasteiger charge is 2.27. The highest BCUT2D eigenvalue weighted by molar-refractivity contribution is 5.41. The van der Waals surface area contributed by atoms with Crippen molar-refractivity contribution in [2.75, 3.05) is 26.2 Å². The van der Waals surface area contributed by atoms with Gasteiger partial charge in [-0.15, -0.1) is 0 Å². The molecule has 0 amide bonds. The Morgan fingerprint density at radius 3 is 2.33 bits per heavy atom. The third-order valence-corrected chi connectivity index (χ3v) is 7.82. The summed E-state index contributed by atoms with van der Waals surface area (Å²) in [4.78, 5) is 2.49. The van der Waals surface area contributed by atoms with Crippen molar-refractivity contribution >= 4 is 0 Å². The van der Waals surface area contributed by atoms with Crippen LogP contribution >= 0.6 is 0 Å². The SMILES string of the molecule is CCc1ccc(O)cc1OC(c1ccc(OCCN2CCCCC2)cc1)C(C)C(C)CCC(O)CC. The van der Waals surface area contributed by atoms with Crippen molar-refractivity contribution in [3.05, 3.63) is 53.6 Å². The molecule has 1 heterocycles. The lowest BCUT2D eigenvalue weighted by molar-refractivity contribution is 0.0930. The molecule has 1 fully saturated rings. The summed E-state index contributed by atoms with van der Waals surface area (Å²) >= 11 is 0. The van der Waals surface area contributed by atoms with E-state index in [1.165, 1.54) is 32.4 Å². The first kappa shape index (κ1) is 28.3. The highest BCUT2D eigenvalue weighted by atomic mass is 16.5. The first-order valence-electron chi connectivity index (χ1n) is 14.0. The normalized spacial score (nSPS) is 17.8. The molecule has 0 aliphatic carbocycles. The fourth-order valence-corrected chi connectivity index (χ4v) is 5.01. The van der Waals surface area contributed by atoms with Gasteiger partial charge in [0.25, 0.3) is 0 Å². The van der Waals surface area contributed by atoms with Crippen molar-refractivity contribution in [3.63, 3.8) is 0 Å². The van der Waals surface area contributed by atoms with Gasteiger partial charge in [0.2, 0.25) is 0 Å². The van der Waals surface area contributed by atoms with Gasteiger partial charge >= 0.3 is 0 Å². The Morgan fingerprint density at radius 2 is 1.67 bits per heavy atom. The van der Waals surface area contributed by atoms with Gasteiger partial charge in [-0.05, 0) is 92.8 Å². The molecule has 1 aliphatic heterocycles. The molecule has 1 aliphatic rings. The van der Waals surface area contributed by atoms with Crippen LogP contribution in [0.15, 0.2) is 42.5 Å². The first-order valence-corrected chi connectivity index (χ1v) is 14.0. The zero-order chi connectivity index (χ0) is 25.9. The maximum absolute atomic E-state index is 10.1. The van der Waals surface area contributed by atoms with Gasteiger partial charge in [0.15, 0.2) is 0 Å². The van der Waals surface area contributed by atoms with Crippen LogP contribution in [0.2, 0.25) is 0 Å². The molecule has 2 aromatic rings. The number of aromatic hydroxyl groups is 1. The fourth-order valence-electron chi connectivity index (χ4n) is 5.01. The summed E-state index contributed by atoms with van der Waals surface area (Å²) in [7, 11) is 0. The van der Waals surface area contributed by atoms with Crippen molar-refractivity contribution < 1.29 is 19.7 Å². The van der Waals surface area contributed by atoms with Crippen molar-refractivity contribution in [2.45, 2.75) is 84.8 Å². The zero-order valence-electron chi connectivity index (χ0n) is 22.8. The Kier molecular flexibility index (Phi) is 11.4. The summed E-state index contributed by atoms with van der Waals surface area (Å²) in [6.45, 7) is 12.6. The van der Waals surface area contributed by atoms with Crippen LogP contribution in [0.4, 0.5) is 0 Å². The number of phenols is 1. The molecule has 2 aromatic carbocycles. The minimum Gasteiger partial charge on any atom is -0.508 e. The van der Waals surface area contributed by atoms with Crippen LogP contribution in [-0.4, -0.2) is 47.5 Å². The van der Waals surface area contributed by atoms with E-state index in [9.17, 15) is 10.2 Å². The number of nitrogens with zero attached hydrogens (tertiary/aromatic N) is 1. The number of aliphatic hydroxyl groups is 1. The van der Waals surface area contributed by atoms with E-state index in [4.69, 9.17) is 9.47 Å². The van der Waals surface area contributed by atoms with Crippen molar-refractivity contribution in [1.82, 2.24) is 4.90 Å². The molecule has 5 nitrogen and oxygen atoms in total. The number of benzene rings is 2. The number of aliphatic hydroxyl groups excluding tert-OH is 1. The maximum Gasteiger partial charge on any atom is 0.127 e. The third kappa shape index (κ3) is 8.41. The van der Waals surface area contributed by atoms with Gasteiger partial charge in [0, 0.05) is 12.6 Å². The number of hydrogen-bond donors (Lipinski definition) is 2. The summed E-state index contributed by atoms with van der Waals surface area (Å²) in [5.41, 5.74) is 2.18. The number of hydrogen-bond acceptors (Lipinski definition) is 5. The lowest BCUT2D eigenvalue weighted by Gasteiger charge is -2.31. The van der Waals surface area contributed by atoms with E-state index in [2.05, 4.69) is 37.8 Å². The average molecular weight is 498 g/mol. The van der Waals surface area contributed by atoms with E-state index in [0.717, 1.165) is 54.9 Å². The molecule has 0 bridgehead atoms. The first-order chi connectivity index (χ1) is 17.4. The zero-order valence-corrected chi connectivity index (χ0v) is 22.8. The van der Waals surface area contributed by atoms with Crippen molar-refractivity contribution in [2.24, 2.45) is 11.8 Å². The summed E-state index contributed by atoms with van der Waals surface area (Å²) in [5.74, 6) is 2.40. The predicted molar refractivity (Wildman–Crippen MR) is 147 cm³/mol. The minimum absolute atomic E-state index is 0.173. The van der Waals surface area contributed by atoms with E-state index in [1.54, 1.807) is 12.1 Å². The van der Waals surface area contributed by atoms with Crippen LogP contribution in [-0.2, 0) is 6.42 Å². The molecule has 5 heteroatoms. The van der Waals surface area contributed by atoms with Crippen LogP contribution in [0.5, 0.6) is 17.2 Å². The summed E-state index contributed by atoms with van der Waals surface area (Å²) in [6.07, 6.45) is 6.86. The van der Waals surface area contributed by atoms with Gasteiger partial charge in [-0.25, -0.2) is 0 Å². The minimum atomic E-state index is -0.252. The molecular formula is C31H47NO4. The lowest BCUT2D eigenvalue weighted by Crippen LogP contribution is -2.33. The molecule has 36 heavy (non-hydrogen) atoms. The summed E-state index contributed by atoms with van der Waals surface area (Å²) in [5, 5.41) is 20.2. The average Bonchev–Trinajstić information content (AvgIpc) is 2.91. The van der Waals surface area contributed by atoms with E-state index >= 15 is 0 Å². The van der Waals surface area contributed by atoms with E-state index < -0.39 is 0 Å². The second-order valence-corrected chi connectivity index (χ2v) is 10.5. The quantitative estimate of drug-likeness (QED) is 0.302. The Labute approximate surface area is 218 Å². The number of phenolic OH excluding ortho intramolecular Hbond substituents is 1. The van der Waals surface area contributed by atoms with Crippen LogP contribution in [0.1, 0.15) is 83.5 Å². The molecule has 0 radical (unpaired) electrons. The van der Waals surface area contributed by atoms with Gasteiger partial charge in [0.1, 0.15) is 30.0 Å². The predicted octanol–water partition coefficient (Wildman–Crippen LogP) is 6.76. The van der Waals surface area contributed by atoms with E-state index in [1.807, 2.05) is 25.1 Å². The number of ether oxygens (including phenoxy) is 2. The molecular weight excluding hydrogens is 450 g/mol. The highest BCUT2D eigenvalue weighted by Crippen LogP contribution is 2.37. The van der Waals surface area contributed by atoms with Gasteiger partial charge in [-0.3, -0.25) is 4.90 Å². The van der Waals surface area contributed by atoms with E-state index in [-0.39, 0.29) is 23.9 Å². The van der Waals surface area contributed by atoms with E-state index in [0.29, 0.717) is 12.5 Å². The third-order valence-electron chi connectivity index (χ3n) is 7.82. The Balaban J connectivity index is 1.72. The molecule has 1 saturated heterocycles. The Hall–Kier alpha value is -2.24. The van der Waals surface area contributed by atoms with Crippen molar-refractivity contribution in [3.8, 4) is 17.2 Å².